The molecule has 51 heavy (non-hydrogen) atoms. The SMILES string of the molecule is CCOC(=O)c1c(-c2ccc(C(=O)OC)cc2)c(-c2ccc(C(=O)OC)cc2)cc(-c2ccc(C(=O)OC)cc2)c1-c1ccc(C(=O)OC)cc1. The van der Waals surface area contributed by atoms with Crippen molar-refractivity contribution in [3.05, 3.63) is 131 Å². The largest absolute Gasteiger partial charge is 0.465 e. The molecule has 5 aromatic rings. The Kier molecular flexibility index (Phi) is 11.1. The minimum Gasteiger partial charge on any atom is -0.465 e. The molecule has 0 atom stereocenters. The minimum absolute atomic E-state index is 0.0709. The molecule has 0 spiro atoms. The third-order valence-corrected chi connectivity index (χ3v) is 8.23. The predicted octanol–water partition coefficient (Wildman–Crippen LogP) is 7.68. The van der Waals surface area contributed by atoms with E-state index in [-0.39, 0.29) is 12.2 Å². The van der Waals surface area contributed by atoms with E-state index >= 15 is 0 Å². The zero-order valence-electron chi connectivity index (χ0n) is 28.6. The first-order valence-corrected chi connectivity index (χ1v) is 15.8. The summed E-state index contributed by atoms with van der Waals surface area (Å²) < 4.78 is 25.3. The molecule has 0 bridgehead atoms. The minimum atomic E-state index is -0.628. The molecular formula is C41H34O10. The Hall–Kier alpha value is -6.55. The normalized spacial score (nSPS) is 10.5. The van der Waals surface area contributed by atoms with Crippen LogP contribution in [0.25, 0.3) is 44.5 Å². The summed E-state index contributed by atoms with van der Waals surface area (Å²) in [5.74, 6) is -2.70. The zero-order valence-corrected chi connectivity index (χ0v) is 28.6. The molecule has 0 saturated heterocycles. The van der Waals surface area contributed by atoms with Gasteiger partial charge in [0.15, 0.2) is 0 Å². The Morgan fingerprint density at radius 3 is 0.941 bits per heavy atom. The van der Waals surface area contributed by atoms with Crippen LogP contribution in [0.4, 0.5) is 0 Å². The van der Waals surface area contributed by atoms with Gasteiger partial charge in [0.2, 0.25) is 0 Å². The van der Waals surface area contributed by atoms with Crippen LogP contribution in [-0.2, 0) is 23.7 Å². The van der Waals surface area contributed by atoms with Crippen molar-refractivity contribution in [2.24, 2.45) is 0 Å². The summed E-state index contributed by atoms with van der Waals surface area (Å²) in [4.78, 5) is 63.6. The molecule has 5 aromatic carbocycles. The van der Waals surface area contributed by atoms with Gasteiger partial charge in [0.1, 0.15) is 0 Å². The van der Waals surface area contributed by atoms with E-state index in [1.54, 1.807) is 104 Å². The molecule has 0 N–H and O–H groups in total. The van der Waals surface area contributed by atoms with Crippen LogP contribution in [0, 0.1) is 0 Å². The van der Waals surface area contributed by atoms with E-state index in [1.807, 2.05) is 6.07 Å². The van der Waals surface area contributed by atoms with Gasteiger partial charge >= 0.3 is 29.8 Å². The number of hydrogen-bond acceptors (Lipinski definition) is 10. The summed E-state index contributed by atoms with van der Waals surface area (Å²) >= 11 is 0. The van der Waals surface area contributed by atoms with E-state index in [0.717, 1.165) is 0 Å². The van der Waals surface area contributed by atoms with Gasteiger partial charge in [-0.1, -0.05) is 48.5 Å². The highest BCUT2D eigenvalue weighted by atomic mass is 16.5. The van der Waals surface area contributed by atoms with Gasteiger partial charge in [0.05, 0.1) is 62.9 Å². The van der Waals surface area contributed by atoms with Crippen LogP contribution in [0.2, 0.25) is 0 Å². The molecule has 10 heteroatoms. The van der Waals surface area contributed by atoms with Crippen molar-refractivity contribution in [2.45, 2.75) is 6.92 Å². The second-order valence-corrected chi connectivity index (χ2v) is 11.1. The average Bonchev–Trinajstić information content (AvgIpc) is 3.19. The van der Waals surface area contributed by atoms with Crippen molar-refractivity contribution in [3.8, 4) is 44.5 Å². The molecule has 0 heterocycles. The van der Waals surface area contributed by atoms with Crippen LogP contribution in [0.15, 0.2) is 103 Å². The molecule has 5 rings (SSSR count). The van der Waals surface area contributed by atoms with Crippen molar-refractivity contribution < 1.29 is 47.7 Å². The van der Waals surface area contributed by atoms with Crippen LogP contribution in [0.5, 0.6) is 0 Å². The quantitative estimate of drug-likeness (QED) is 0.106. The van der Waals surface area contributed by atoms with Gasteiger partial charge in [-0.2, -0.15) is 0 Å². The van der Waals surface area contributed by atoms with E-state index in [0.29, 0.717) is 66.8 Å². The Labute approximate surface area is 294 Å². The molecule has 0 fully saturated rings. The van der Waals surface area contributed by atoms with Crippen LogP contribution in [0.3, 0.4) is 0 Å². The number of hydrogen-bond donors (Lipinski definition) is 0. The summed E-state index contributed by atoms with van der Waals surface area (Å²) in [6.45, 7) is 1.77. The lowest BCUT2D eigenvalue weighted by Gasteiger charge is -2.23. The second kappa shape index (κ2) is 15.8. The highest BCUT2D eigenvalue weighted by molar-refractivity contribution is 6.12. The fraction of sp³-hybridized carbons (Fsp3) is 0.146. The van der Waals surface area contributed by atoms with Crippen molar-refractivity contribution in [1.29, 1.82) is 0 Å². The second-order valence-electron chi connectivity index (χ2n) is 11.1. The highest BCUT2D eigenvalue weighted by Gasteiger charge is 2.28. The molecule has 0 unspecified atom stereocenters. The summed E-state index contributed by atoms with van der Waals surface area (Å²) in [5.41, 5.74) is 6.12. The van der Waals surface area contributed by atoms with E-state index in [1.165, 1.54) is 28.4 Å². The van der Waals surface area contributed by atoms with Gasteiger partial charge in [0.25, 0.3) is 0 Å². The lowest BCUT2D eigenvalue weighted by molar-refractivity contribution is 0.0525. The Balaban J connectivity index is 1.93. The van der Waals surface area contributed by atoms with Crippen LogP contribution < -0.4 is 0 Å². The first kappa shape index (κ1) is 35.7. The smallest absolute Gasteiger partial charge is 0.339 e. The maximum atomic E-state index is 14.3. The Morgan fingerprint density at radius 2 is 0.686 bits per heavy atom. The average molecular weight is 687 g/mol. The predicted molar refractivity (Wildman–Crippen MR) is 190 cm³/mol. The Morgan fingerprint density at radius 1 is 0.412 bits per heavy atom. The van der Waals surface area contributed by atoms with Crippen molar-refractivity contribution in [1.82, 2.24) is 0 Å². The van der Waals surface area contributed by atoms with Gasteiger partial charge in [0, 0.05) is 11.1 Å². The maximum absolute atomic E-state index is 14.3. The molecule has 0 saturated carbocycles. The topological polar surface area (TPSA) is 132 Å². The van der Waals surface area contributed by atoms with Crippen molar-refractivity contribution >= 4 is 29.8 Å². The lowest BCUT2D eigenvalue weighted by Crippen LogP contribution is -2.11. The van der Waals surface area contributed by atoms with Crippen LogP contribution >= 0.6 is 0 Å². The lowest BCUT2D eigenvalue weighted by atomic mass is 9.80. The number of benzene rings is 5. The van der Waals surface area contributed by atoms with Gasteiger partial charge in [-0.3, -0.25) is 0 Å². The summed E-state index contributed by atoms with van der Waals surface area (Å²) in [5, 5.41) is 0. The number of carbonyl (C=O) groups excluding carboxylic acids is 5. The summed E-state index contributed by atoms with van der Waals surface area (Å²) in [6.07, 6.45) is 0. The molecule has 0 radical (unpaired) electrons. The van der Waals surface area contributed by atoms with Gasteiger partial charge in [-0.05, 0) is 94.9 Å². The molecule has 0 aliphatic rings. The molecule has 0 aromatic heterocycles. The number of esters is 5. The van der Waals surface area contributed by atoms with E-state index in [2.05, 4.69) is 0 Å². The molecule has 258 valence electrons. The van der Waals surface area contributed by atoms with E-state index < -0.39 is 29.8 Å². The van der Waals surface area contributed by atoms with Gasteiger partial charge < -0.3 is 23.7 Å². The van der Waals surface area contributed by atoms with Crippen LogP contribution in [0.1, 0.15) is 58.7 Å². The number of ether oxygens (including phenoxy) is 5. The first-order valence-electron chi connectivity index (χ1n) is 15.8. The zero-order chi connectivity index (χ0) is 36.7. The third-order valence-electron chi connectivity index (χ3n) is 8.23. The monoisotopic (exact) mass is 686 g/mol. The number of carbonyl (C=O) groups is 5. The van der Waals surface area contributed by atoms with Crippen molar-refractivity contribution in [2.75, 3.05) is 35.0 Å². The van der Waals surface area contributed by atoms with Gasteiger partial charge in [-0.15, -0.1) is 0 Å². The molecule has 10 nitrogen and oxygen atoms in total. The van der Waals surface area contributed by atoms with Gasteiger partial charge in [-0.25, -0.2) is 24.0 Å². The molecule has 0 amide bonds. The fourth-order valence-electron chi connectivity index (χ4n) is 5.73. The summed E-state index contributed by atoms with van der Waals surface area (Å²) in [6, 6.07) is 28.7. The summed E-state index contributed by atoms with van der Waals surface area (Å²) in [7, 11) is 5.18. The van der Waals surface area contributed by atoms with Crippen molar-refractivity contribution in [3.63, 3.8) is 0 Å². The third kappa shape index (κ3) is 7.40. The maximum Gasteiger partial charge on any atom is 0.339 e. The molecule has 0 aliphatic heterocycles. The van der Waals surface area contributed by atoms with Crippen LogP contribution in [-0.4, -0.2) is 64.9 Å². The van der Waals surface area contributed by atoms with E-state index in [4.69, 9.17) is 23.7 Å². The molecular weight excluding hydrogens is 652 g/mol. The number of methoxy groups -OCH3 is 4. The standard InChI is InChI=1S/C41H34O10/c1-6-51-41(46)36-34(26-11-19-30(20-12-26)39(44)49-4)32(24-7-15-28(16-8-24)37(42)47-2)23-33(25-9-17-29(18-10-25)38(43)48-3)35(36)27-13-21-31(22-14-27)40(45)50-5/h7-23H,6H2,1-5H3. The highest BCUT2D eigenvalue weighted by Crippen LogP contribution is 2.46. The fourth-order valence-corrected chi connectivity index (χ4v) is 5.73. The first-order chi connectivity index (χ1) is 24.6. The van der Waals surface area contributed by atoms with E-state index in [9.17, 15) is 24.0 Å². The number of rotatable bonds is 10. The molecule has 0 aliphatic carbocycles. The Bertz CT molecular complexity index is 1950.